The molecule has 9 nitrogen and oxygen atoms in total. The summed E-state index contributed by atoms with van der Waals surface area (Å²) in [5.74, 6) is 0.801. The number of piperidine rings is 1. The van der Waals surface area contributed by atoms with Crippen molar-refractivity contribution >= 4 is 29.1 Å². The molecule has 0 amide bonds. The van der Waals surface area contributed by atoms with E-state index in [1.807, 2.05) is 6.92 Å². The lowest BCUT2D eigenvalue weighted by atomic mass is 10.0. The van der Waals surface area contributed by atoms with E-state index in [2.05, 4.69) is 20.2 Å². The van der Waals surface area contributed by atoms with E-state index in [1.165, 1.54) is 6.07 Å². The van der Waals surface area contributed by atoms with Gasteiger partial charge in [-0.1, -0.05) is 11.6 Å². The number of carbonyl (C=O) groups excluding carboxylic acids is 1. The Morgan fingerprint density at radius 1 is 1.38 bits per heavy atom. The van der Waals surface area contributed by atoms with Crippen molar-refractivity contribution in [2.75, 3.05) is 50.9 Å². The molecular formula is C22H28ClN5O4. The number of rotatable bonds is 7. The second-order valence-corrected chi connectivity index (χ2v) is 8.36. The number of esters is 1. The van der Waals surface area contributed by atoms with Crippen molar-refractivity contribution < 1.29 is 19.0 Å². The number of nitrogen functional groups attached to an aromatic ring is 1. The van der Waals surface area contributed by atoms with Gasteiger partial charge in [0.15, 0.2) is 0 Å². The fraction of sp³-hybridized carbons (Fsp3) is 0.500. The van der Waals surface area contributed by atoms with E-state index in [-0.39, 0.29) is 12.2 Å². The number of likely N-dealkylation sites (tertiary alicyclic amines) is 1. The van der Waals surface area contributed by atoms with E-state index in [1.54, 1.807) is 19.5 Å². The molecule has 3 N–H and O–H groups in total. The monoisotopic (exact) mass is 461 g/mol. The largest absolute Gasteiger partial charge is 0.492 e. The standard InChI is InChI=1S/C22H28ClN5O4/c1-13-21(26-6-5-25-13)27-7-9-28-8-3-17(18(12-28)30-2)32-22(29)15-11-16(23)19(24)14-4-10-31-20(14)15/h5-6,11,17-18H,3-4,7-10,12,24H2,1-2H3,(H,26,27)/t17-,18+/m0/s1. The highest BCUT2D eigenvalue weighted by atomic mass is 35.5. The first-order valence-corrected chi connectivity index (χ1v) is 11.1. The van der Waals surface area contributed by atoms with Crippen LogP contribution in [0.4, 0.5) is 11.5 Å². The number of hydrogen-bond acceptors (Lipinski definition) is 9. The van der Waals surface area contributed by atoms with Gasteiger partial charge in [0.25, 0.3) is 0 Å². The molecule has 3 heterocycles. The lowest BCUT2D eigenvalue weighted by Crippen LogP contribution is -2.50. The third-order valence-electron chi connectivity index (χ3n) is 5.94. The molecule has 4 rings (SSSR count). The topological polar surface area (TPSA) is 112 Å². The highest BCUT2D eigenvalue weighted by Crippen LogP contribution is 2.39. The summed E-state index contributed by atoms with van der Waals surface area (Å²) in [7, 11) is 1.64. The van der Waals surface area contributed by atoms with Crippen LogP contribution in [0.2, 0.25) is 5.02 Å². The van der Waals surface area contributed by atoms with Crippen LogP contribution in [0.15, 0.2) is 18.5 Å². The molecule has 0 radical (unpaired) electrons. The van der Waals surface area contributed by atoms with E-state index >= 15 is 0 Å². The fourth-order valence-electron chi connectivity index (χ4n) is 4.16. The van der Waals surface area contributed by atoms with Crippen molar-refractivity contribution in [1.29, 1.82) is 0 Å². The maximum Gasteiger partial charge on any atom is 0.342 e. The number of carbonyl (C=O) groups is 1. The van der Waals surface area contributed by atoms with Crippen molar-refractivity contribution in [2.24, 2.45) is 0 Å². The van der Waals surface area contributed by atoms with Crippen LogP contribution in [-0.2, 0) is 15.9 Å². The minimum Gasteiger partial charge on any atom is -0.492 e. The Bertz CT molecular complexity index is 989. The molecule has 2 atom stereocenters. The van der Waals surface area contributed by atoms with Crippen LogP contribution in [0.3, 0.4) is 0 Å². The Kier molecular flexibility index (Phi) is 6.98. The zero-order chi connectivity index (χ0) is 22.7. The molecular weight excluding hydrogens is 434 g/mol. The van der Waals surface area contributed by atoms with Crippen LogP contribution in [-0.4, -0.2) is 72.9 Å². The number of fused-ring (bicyclic) bond motifs is 1. The quantitative estimate of drug-likeness (QED) is 0.473. The average Bonchev–Trinajstić information content (AvgIpc) is 3.28. The number of halogens is 1. The predicted molar refractivity (Wildman–Crippen MR) is 121 cm³/mol. The van der Waals surface area contributed by atoms with Crippen LogP contribution < -0.4 is 15.8 Å². The zero-order valence-electron chi connectivity index (χ0n) is 18.3. The van der Waals surface area contributed by atoms with Crippen molar-refractivity contribution in [3.8, 4) is 5.75 Å². The Balaban J connectivity index is 1.34. The fourth-order valence-corrected chi connectivity index (χ4v) is 4.38. The molecule has 0 aliphatic carbocycles. The molecule has 0 saturated carbocycles. The third kappa shape index (κ3) is 4.74. The van der Waals surface area contributed by atoms with Gasteiger partial charge in [0.2, 0.25) is 0 Å². The van der Waals surface area contributed by atoms with Gasteiger partial charge in [0, 0.05) is 57.7 Å². The molecule has 32 heavy (non-hydrogen) atoms. The summed E-state index contributed by atoms with van der Waals surface area (Å²) < 4.78 is 17.1. The average molecular weight is 462 g/mol. The van der Waals surface area contributed by atoms with Gasteiger partial charge in [-0.3, -0.25) is 9.88 Å². The molecule has 0 unspecified atom stereocenters. The Morgan fingerprint density at radius 3 is 2.97 bits per heavy atom. The first kappa shape index (κ1) is 22.6. The lowest BCUT2D eigenvalue weighted by molar-refractivity contribution is -0.0722. The number of ether oxygens (including phenoxy) is 3. The van der Waals surface area contributed by atoms with Gasteiger partial charge < -0.3 is 25.3 Å². The molecule has 0 spiro atoms. The van der Waals surface area contributed by atoms with Gasteiger partial charge in [-0.2, -0.15) is 0 Å². The molecule has 1 aromatic heterocycles. The maximum atomic E-state index is 12.9. The van der Waals surface area contributed by atoms with Crippen LogP contribution >= 0.6 is 11.6 Å². The number of aromatic nitrogens is 2. The Morgan fingerprint density at radius 2 is 2.19 bits per heavy atom. The normalized spacial score (nSPS) is 20.5. The van der Waals surface area contributed by atoms with Crippen molar-refractivity contribution in [1.82, 2.24) is 14.9 Å². The SMILES string of the molecule is CO[C@@H]1CN(CCNc2nccnc2C)CC[C@@H]1OC(=O)c1cc(Cl)c(N)c2c1OCC2. The number of hydrogen-bond donors (Lipinski definition) is 2. The third-order valence-corrected chi connectivity index (χ3v) is 6.25. The lowest BCUT2D eigenvalue weighted by Gasteiger charge is -2.37. The van der Waals surface area contributed by atoms with Gasteiger partial charge in [0.05, 0.1) is 23.0 Å². The first-order chi connectivity index (χ1) is 15.5. The second kappa shape index (κ2) is 9.89. The van der Waals surface area contributed by atoms with Gasteiger partial charge in [-0.05, 0) is 19.4 Å². The van der Waals surface area contributed by atoms with Gasteiger partial charge in [0.1, 0.15) is 29.3 Å². The summed E-state index contributed by atoms with van der Waals surface area (Å²) in [6.45, 7) is 5.38. The van der Waals surface area contributed by atoms with Gasteiger partial charge in [-0.25, -0.2) is 9.78 Å². The van der Waals surface area contributed by atoms with E-state index in [0.29, 0.717) is 48.0 Å². The van der Waals surface area contributed by atoms with E-state index in [9.17, 15) is 4.79 Å². The summed E-state index contributed by atoms with van der Waals surface area (Å²) in [5, 5.41) is 3.65. The number of nitrogens with two attached hydrogens (primary N) is 1. The molecule has 2 aliphatic rings. The first-order valence-electron chi connectivity index (χ1n) is 10.7. The molecule has 10 heteroatoms. The van der Waals surface area contributed by atoms with Crippen LogP contribution in [0.1, 0.15) is 28.0 Å². The molecule has 2 aromatic rings. The number of anilines is 2. The highest BCUT2D eigenvalue weighted by molar-refractivity contribution is 6.33. The molecule has 172 valence electrons. The van der Waals surface area contributed by atoms with Gasteiger partial charge in [-0.15, -0.1) is 0 Å². The number of nitrogens with one attached hydrogen (secondary N) is 1. The summed E-state index contributed by atoms with van der Waals surface area (Å²) in [6.07, 6.45) is 4.05. The van der Waals surface area contributed by atoms with Crippen LogP contribution in [0.25, 0.3) is 0 Å². The molecule has 0 bridgehead atoms. The van der Waals surface area contributed by atoms with Crippen molar-refractivity contribution in [3.05, 3.63) is 40.3 Å². The van der Waals surface area contributed by atoms with E-state index in [4.69, 9.17) is 31.5 Å². The Hall–Kier alpha value is -2.62. The summed E-state index contributed by atoms with van der Waals surface area (Å²) in [4.78, 5) is 23.8. The molecule has 1 aromatic carbocycles. The number of aryl methyl sites for hydroxylation is 1. The minimum absolute atomic E-state index is 0.232. The van der Waals surface area contributed by atoms with Crippen LogP contribution in [0, 0.1) is 6.92 Å². The number of nitrogens with zero attached hydrogens (tertiary/aromatic N) is 3. The molecule has 1 fully saturated rings. The maximum absolute atomic E-state index is 12.9. The van der Waals surface area contributed by atoms with Crippen molar-refractivity contribution in [2.45, 2.75) is 32.0 Å². The Labute approximate surface area is 192 Å². The highest BCUT2D eigenvalue weighted by Gasteiger charge is 2.34. The smallest absolute Gasteiger partial charge is 0.342 e. The summed E-state index contributed by atoms with van der Waals surface area (Å²) in [6, 6.07) is 1.53. The predicted octanol–water partition coefficient (Wildman–Crippen LogP) is 2.31. The van der Waals surface area contributed by atoms with Crippen molar-refractivity contribution in [3.63, 3.8) is 0 Å². The summed E-state index contributed by atoms with van der Waals surface area (Å²) in [5.41, 5.74) is 8.45. The second-order valence-electron chi connectivity index (χ2n) is 7.95. The number of methoxy groups -OCH3 is 1. The van der Waals surface area contributed by atoms with Crippen LogP contribution in [0.5, 0.6) is 5.75 Å². The van der Waals surface area contributed by atoms with E-state index in [0.717, 1.165) is 36.7 Å². The minimum atomic E-state index is -0.467. The van der Waals surface area contributed by atoms with E-state index < -0.39 is 5.97 Å². The van der Waals surface area contributed by atoms with Gasteiger partial charge >= 0.3 is 5.97 Å². The zero-order valence-corrected chi connectivity index (χ0v) is 19.0. The molecule has 2 aliphatic heterocycles. The summed E-state index contributed by atoms with van der Waals surface area (Å²) >= 11 is 6.23. The number of benzene rings is 1. The molecule has 1 saturated heterocycles.